The molecule has 64 heavy (non-hydrogen) atoms. The molecule has 5 N–H and O–H groups in total. The van der Waals surface area contributed by atoms with E-state index in [1.165, 1.54) is 43.0 Å². The van der Waals surface area contributed by atoms with Gasteiger partial charge in [0.2, 0.25) is 0 Å². The molecule has 2 aromatic heterocycles. The van der Waals surface area contributed by atoms with Crippen LogP contribution < -0.4 is 30.7 Å². The molecule has 0 fully saturated rings. The number of hydrogen-bond donors (Lipinski definition) is 5. The summed E-state index contributed by atoms with van der Waals surface area (Å²) in [6.45, 7) is 1.15. The number of halogens is 8. The lowest BCUT2D eigenvalue weighted by atomic mass is 10.1. The number of fused-ring (bicyclic) bond motifs is 2. The maximum Gasteiger partial charge on any atom is 0.416 e. The lowest BCUT2D eigenvalue weighted by Crippen LogP contribution is -2.05. The molecular weight excluding hydrogens is 889 g/mol. The highest BCUT2D eigenvalue weighted by molar-refractivity contribution is 6.32. The first-order valence-electron chi connectivity index (χ1n) is 19.1. The van der Waals surface area contributed by atoms with E-state index < -0.39 is 23.5 Å². The molecule has 2 aliphatic heterocycles. The number of nitrogens with one attached hydrogen (secondary N) is 4. The fourth-order valence-corrected chi connectivity index (χ4v) is 6.72. The van der Waals surface area contributed by atoms with E-state index in [1.54, 1.807) is 36.4 Å². The van der Waals surface area contributed by atoms with Gasteiger partial charge in [-0.25, -0.2) is 19.9 Å². The minimum Gasteiger partial charge on any atom is -0.456 e. The zero-order valence-electron chi connectivity index (χ0n) is 33.0. The minimum absolute atomic E-state index is 0.0150. The standard InChI is InChI=1S/C22H18ClF3N4O2.C22H16ClF3N4O2/c2*23-18-10-15(4-5-19(18)32-16-3-1-2-14(9-16)22(24,25)26)30-21-17-8-13(11-31)6-7-27-20(17)28-12-29-21/h1-5,8-10,12,31H,6-7,11H2,(H2,27,28,29,30);1-5,8-12H,6-7H2,(H2,27,28,29,30). The van der Waals surface area contributed by atoms with Crippen LogP contribution in [0.25, 0.3) is 12.2 Å². The number of benzene rings is 4. The van der Waals surface area contributed by atoms with Gasteiger partial charge < -0.3 is 35.8 Å². The van der Waals surface area contributed by atoms with Crippen LogP contribution in [-0.2, 0) is 17.1 Å². The van der Waals surface area contributed by atoms with E-state index in [-0.39, 0.29) is 39.7 Å². The normalized spacial score (nSPS) is 13.4. The third-order valence-electron chi connectivity index (χ3n) is 9.41. The van der Waals surface area contributed by atoms with Gasteiger partial charge in [0.25, 0.3) is 0 Å². The topological polar surface area (TPSA) is 155 Å². The molecule has 2 aliphatic rings. The monoisotopic (exact) mass is 922 g/mol. The number of alkyl halides is 6. The van der Waals surface area contributed by atoms with Crippen molar-refractivity contribution < 1.29 is 45.7 Å². The summed E-state index contributed by atoms with van der Waals surface area (Å²) < 4.78 is 88.6. The quantitative estimate of drug-likeness (QED) is 0.0656. The van der Waals surface area contributed by atoms with Gasteiger partial charge in [-0.1, -0.05) is 35.3 Å². The highest BCUT2D eigenvalue weighted by atomic mass is 35.5. The number of ether oxygens (including phenoxy) is 2. The Morgan fingerprint density at radius 1 is 0.656 bits per heavy atom. The van der Waals surface area contributed by atoms with Crippen molar-refractivity contribution in [2.24, 2.45) is 0 Å². The third kappa shape index (κ3) is 11.4. The number of anilines is 6. The van der Waals surface area contributed by atoms with Crippen LogP contribution >= 0.6 is 23.2 Å². The van der Waals surface area contributed by atoms with Gasteiger partial charge in [-0.2, -0.15) is 26.3 Å². The summed E-state index contributed by atoms with van der Waals surface area (Å²) in [5, 5.41) is 22.5. The summed E-state index contributed by atoms with van der Waals surface area (Å²) in [4.78, 5) is 28.2. The summed E-state index contributed by atoms with van der Waals surface area (Å²) >= 11 is 12.6. The summed E-state index contributed by atoms with van der Waals surface area (Å²) in [6.07, 6.45) is -0.539. The lowest BCUT2D eigenvalue weighted by molar-refractivity contribution is -0.138. The maximum absolute atomic E-state index is 12.9. The first-order chi connectivity index (χ1) is 30.7. The number of aliphatic hydroxyl groups is 1. The highest BCUT2D eigenvalue weighted by Crippen LogP contribution is 2.39. The van der Waals surface area contributed by atoms with Crippen LogP contribution in [0, 0.1) is 0 Å². The van der Waals surface area contributed by atoms with Crippen LogP contribution in [0.1, 0.15) is 35.1 Å². The van der Waals surface area contributed by atoms with Gasteiger partial charge in [-0.05, 0) is 109 Å². The van der Waals surface area contributed by atoms with Gasteiger partial charge in [-0.3, -0.25) is 4.79 Å². The second-order valence-corrected chi connectivity index (χ2v) is 14.7. The van der Waals surface area contributed by atoms with Crippen LogP contribution in [-0.4, -0.2) is 51.0 Å². The summed E-state index contributed by atoms with van der Waals surface area (Å²) in [6, 6.07) is 18.7. The molecule has 8 rings (SSSR count). The zero-order valence-corrected chi connectivity index (χ0v) is 34.5. The van der Waals surface area contributed by atoms with Gasteiger partial charge in [0, 0.05) is 24.5 Å². The number of rotatable bonds is 10. The molecule has 20 heteroatoms. The second-order valence-electron chi connectivity index (χ2n) is 13.9. The van der Waals surface area contributed by atoms with Crippen LogP contribution in [0.15, 0.2) is 109 Å². The number of carbonyl (C=O) groups is 1. The molecule has 6 aromatic rings. The van der Waals surface area contributed by atoms with Crippen LogP contribution in [0.5, 0.6) is 23.0 Å². The molecule has 0 amide bonds. The SMILES string of the molecule is O=CC1=Cc2c(ncnc2Nc2ccc(Oc3cccc(C(F)(F)F)c3)c(Cl)c2)NCC1.OCC1=Cc2c(ncnc2Nc2ccc(Oc3cccc(C(F)(F)F)c3)c(Cl)c2)NCC1. The fraction of sp³-hybridized carbons (Fsp3) is 0.159. The Balaban J connectivity index is 0.000000191. The van der Waals surface area contributed by atoms with Gasteiger partial charge in [0.15, 0.2) is 0 Å². The summed E-state index contributed by atoms with van der Waals surface area (Å²) in [7, 11) is 0. The molecular formula is C44H34Cl2F6N8O4. The lowest BCUT2D eigenvalue weighted by Gasteiger charge is -2.14. The van der Waals surface area contributed by atoms with Crippen molar-refractivity contribution in [3.63, 3.8) is 0 Å². The van der Waals surface area contributed by atoms with Crippen molar-refractivity contribution >= 4 is 76.3 Å². The Hall–Kier alpha value is -6.89. The number of aromatic nitrogens is 4. The van der Waals surface area contributed by atoms with Crippen LogP contribution in [0.3, 0.4) is 0 Å². The summed E-state index contributed by atoms with van der Waals surface area (Å²) in [5.41, 5.74) is 2.33. The van der Waals surface area contributed by atoms with Gasteiger partial charge in [0.1, 0.15) is 65.2 Å². The number of nitrogens with zero attached hydrogens (tertiary/aromatic N) is 4. The fourth-order valence-electron chi connectivity index (χ4n) is 6.29. The number of aliphatic hydroxyl groups excluding tert-OH is 1. The largest absolute Gasteiger partial charge is 0.456 e. The van der Waals surface area contributed by atoms with Crippen molar-refractivity contribution in [2.75, 3.05) is 41.0 Å². The number of carbonyl (C=O) groups excluding carboxylic acids is 1. The molecule has 0 aliphatic carbocycles. The molecule has 0 saturated heterocycles. The van der Waals surface area contributed by atoms with Crippen molar-refractivity contribution in [1.29, 1.82) is 0 Å². The molecule has 330 valence electrons. The molecule has 0 atom stereocenters. The Kier molecular flexibility index (Phi) is 13.9. The van der Waals surface area contributed by atoms with Crippen LogP contribution in [0.2, 0.25) is 10.0 Å². The Morgan fingerprint density at radius 3 is 1.59 bits per heavy atom. The predicted molar refractivity (Wildman–Crippen MR) is 232 cm³/mol. The number of hydrogen-bond acceptors (Lipinski definition) is 12. The molecule has 0 unspecified atom stereocenters. The zero-order chi connectivity index (χ0) is 45.4. The van der Waals surface area contributed by atoms with E-state index in [0.717, 1.165) is 36.1 Å². The van der Waals surface area contributed by atoms with Gasteiger partial charge in [-0.15, -0.1) is 0 Å². The molecule has 0 spiro atoms. The van der Waals surface area contributed by atoms with E-state index in [4.69, 9.17) is 32.7 Å². The van der Waals surface area contributed by atoms with Crippen molar-refractivity contribution in [3.05, 3.63) is 141 Å². The maximum atomic E-state index is 12.9. The minimum atomic E-state index is -4.47. The second kappa shape index (κ2) is 19.7. The molecule has 4 heterocycles. The average Bonchev–Trinajstić information content (AvgIpc) is 3.63. The third-order valence-corrected chi connectivity index (χ3v) is 10.0. The van der Waals surface area contributed by atoms with E-state index in [9.17, 15) is 36.2 Å². The molecule has 0 bridgehead atoms. The van der Waals surface area contributed by atoms with Crippen molar-refractivity contribution in [2.45, 2.75) is 25.2 Å². The van der Waals surface area contributed by atoms with E-state index in [1.807, 2.05) is 6.08 Å². The molecule has 12 nitrogen and oxygen atoms in total. The average molecular weight is 924 g/mol. The molecule has 0 radical (unpaired) electrons. The molecule has 4 aromatic carbocycles. The van der Waals surface area contributed by atoms with E-state index >= 15 is 0 Å². The van der Waals surface area contributed by atoms with Gasteiger partial charge >= 0.3 is 12.4 Å². The number of aldehydes is 1. The first-order valence-corrected chi connectivity index (χ1v) is 19.9. The Morgan fingerprint density at radius 2 is 1.14 bits per heavy atom. The van der Waals surface area contributed by atoms with E-state index in [0.29, 0.717) is 77.3 Å². The first kappa shape index (κ1) is 45.1. The van der Waals surface area contributed by atoms with Crippen molar-refractivity contribution in [1.82, 2.24) is 19.9 Å². The van der Waals surface area contributed by atoms with Gasteiger partial charge in [0.05, 0.1) is 38.9 Å². The Labute approximate surface area is 371 Å². The van der Waals surface area contributed by atoms with Crippen molar-refractivity contribution in [3.8, 4) is 23.0 Å². The highest BCUT2D eigenvalue weighted by Gasteiger charge is 2.31. The summed E-state index contributed by atoms with van der Waals surface area (Å²) in [5.74, 6) is 2.66. The van der Waals surface area contributed by atoms with Crippen LogP contribution in [0.4, 0.5) is 61.0 Å². The predicted octanol–water partition coefficient (Wildman–Crippen LogP) is 12.0. The Bertz CT molecular complexity index is 2740. The molecule has 0 saturated carbocycles. The smallest absolute Gasteiger partial charge is 0.416 e. The van der Waals surface area contributed by atoms with E-state index in [2.05, 4.69) is 41.2 Å².